The normalized spacial score (nSPS) is 10.5. The summed E-state index contributed by atoms with van der Waals surface area (Å²) >= 11 is 5.28. The first-order valence-corrected chi connectivity index (χ1v) is 12.4. The van der Waals surface area contributed by atoms with Crippen LogP contribution in [0.25, 0.3) is 0 Å². The SMILES string of the molecule is CCSc1nnc(NC(=O)CSc2nnc(NC(=O)c3ccc(OC)cc3OC)s2)s1. The Bertz CT molecular complexity index is 1060. The van der Waals surface area contributed by atoms with Crippen molar-refractivity contribution in [3.63, 3.8) is 0 Å². The second-order valence-corrected chi connectivity index (χ2v) is 10.2. The minimum absolute atomic E-state index is 0.130. The summed E-state index contributed by atoms with van der Waals surface area (Å²) < 4.78 is 11.7. The van der Waals surface area contributed by atoms with E-state index in [2.05, 4.69) is 31.0 Å². The first-order valence-electron chi connectivity index (χ1n) is 8.78. The number of hydrogen-bond donors (Lipinski definition) is 2. The molecule has 0 saturated carbocycles. The number of anilines is 2. The van der Waals surface area contributed by atoms with Crippen molar-refractivity contribution in [3.05, 3.63) is 23.8 Å². The van der Waals surface area contributed by atoms with Gasteiger partial charge in [-0.05, 0) is 17.9 Å². The third kappa shape index (κ3) is 6.53. The van der Waals surface area contributed by atoms with Crippen molar-refractivity contribution < 1.29 is 19.1 Å². The maximum Gasteiger partial charge on any atom is 0.261 e. The van der Waals surface area contributed by atoms with Crippen LogP contribution in [0.15, 0.2) is 26.9 Å². The van der Waals surface area contributed by atoms with Crippen LogP contribution in [-0.4, -0.2) is 57.9 Å². The Morgan fingerprint density at radius 3 is 2.29 bits per heavy atom. The van der Waals surface area contributed by atoms with E-state index in [0.717, 1.165) is 10.1 Å². The molecule has 0 bridgehead atoms. The molecule has 3 aromatic rings. The van der Waals surface area contributed by atoms with Crippen molar-refractivity contribution in [1.29, 1.82) is 0 Å². The molecule has 0 saturated heterocycles. The highest BCUT2D eigenvalue weighted by molar-refractivity contribution is 8.01. The standard InChI is InChI=1S/C17H18N6O4S4/c1-4-28-16-22-20-14(30-16)18-12(24)8-29-17-23-21-15(31-17)19-13(25)10-6-5-9(26-2)7-11(10)27-3/h5-7H,4,8H2,1-3H3,(H,18,20,24)(H,19,21,25). The van der Waals surface area contributed by atoms with Gasteiger partial charge in [0.05, 0.1) is 25.5 Å². The second kappa shape index (κ2) is 11.3. The smallest absolute Gasteiger partial charge is 0.261 e. The van der Waals surface area contributed by atoms with Crippen LogP contribution in [0.5, 0.6) is 11.5 Å². The van der Waals surface area contributed by atoms with Gasteiger partial charge in [0.25, 0.3) is 5.91 Å². The van der Waals surface area contributed by atoms with E-state index in [0.29, 0.717) is 31.7 Å². The van der Waals surface area contributed by atoms with Gasteiger partial charge >= 0.3 is 0 Å². The van der Waals surface area contributed by atoms with Crippen LogP contribution in [0.4, 0.5) is 10.3 Å². The predicted molar refractivity (Wildman–Crippen MR) is 123 cm³/mol. The molecule has 3 rings (SSSR count). The van der Waals surface area contributed by atoms with Crippen molar-refractivity contribution in [2.45, 2.75) is 15.6 Å². The maximum atomic E-state index is 12.5. The van der Waals surface area contributed by atoms with Gasteiger partial charge in [-0.25, -0.2) is 0 Å². The highest BCUT2D eigenvalue weighted by atomic mass is 32.2. The van der Waals surface area contributed by atoms with Crippen molar-refractivity contribution in [3.8, 4) is 11.5 Å². The fraction of sp³-hybridized carbons (Fsp3) is 0.294. The first-order chi connectivity index (χ1) is 15.0. The summed E-state index contributed by atoms with van der Waals surface area (Å²) in [6, 6.07) is 4.89. The fourth-order valence-corrected chi connectivity index (χ4v) is 5.41. The fourth-order valence-electron chi connectivity index (χ4n) is 2.19. The molecule has 2 heterocycles. The summed E-state index contributed by atoms with van der Waals surface area (Å²) in [5, 5.41) is 22.0. The van der Waals surface area contributed by atoms with Gasteiger partial charge in [0, 0.05) is 6.07 Å². The lowest BCUT2D eigenvalue weighted by molar-refractivity contribution is -0.113. The highest BCUT2D eigenvalue weighted by Crippen LogP contribution is 2.29. The number of nitrogens with one attached hydrogen (secondary N) is 2. The van der Waals surface area contributed by atoms with E-state index in [1.165, 1.54) is 48.7 Å². The molecule has 2 N–H and O–H groups in total. The van der Waals surface area contributed by atoms with E-state index < -0.39 is 0 Å². The number of methoxy groups -OCH3 is 2. The number of rotatable bonds is 10. The van der Waals surface area contributed by atoms with E-state index >= 15 is 0 Å². The molecule has 31 heavy (non-hydrogen) atoms. The largest absolute Gasteiger partial charge is 0.497 e. The summed E-state index contributed by atoms with van der Waals surface area (Å²) in [5.41, 5.74) is 0.338. The Balaban J connectivity index is 1.53. The molecule has 2 aromatic heterocycles. The Labute approximate surface area is 194 Å². The number of carbonyl (C=O) groups is 2. The third-order valence-electron chi connectivity index (χ3n) is 3.53. The molecular weight excluding hydrogens is 480 g/mol. The lowest BCUT2D eigenvalue weighted by Crippen LogP contribution is -2.13. The molecule has 0 spiro atoms. The molecule has 14 heteroatoms. The van der Waals surface area contributed by atoms with Crippen LogP contribution in [0.1, 0.15) is 17.3 Å². The Morgan fingerprint density at radius 2 is 1.65 bits per heavy atom. The molecule has 0 aliphatic carbocycles. The molecule has 2 amide bonds. The summed E-state index contributed by atoms with van der Waals surface area (Å²) in [6.45, 7) is 2.02. The second-order valence-electron chi connectivity index (χ2n) is 5.54. The van der Waals surface area contributed by atoms with Crippen LogP contribution < -0.4 is 20.1 Å². The van der Waals surface area contributed by atoms with Crippen molar-refractivity contribution in [1.82, 2.24) is 20.4 Å². The lowest BCUT2D eigenvalue weighted by Gasteiger charge is -2.09. The molecule has 164 valence electrons. The first kappa shape index (κ1) is 23.2. The van der Waals surface area contributed by atoms with Crippen LogP contribution in [-0.2, 0) is 4.79 Å². The minimum atomic E-state index is -0.387. The van der Waals surface area contributed by atoms with Crippen molar-refractivity contribution in [2.75, 3.05) is 36.4 Å². The molecule has 0 fully saturated rings. The Kier molecular flexibility index (Phi) is 8.45. The summed E-state index contributed by atoms with van der Waals surface area (Å²) in [5.74, 6) is 1.37. The molecule has 0 atom stereocenters. The van der Waals surface area contributed by atoms with E-state index in [9.17, 15) is 9.59 Å². The van der Waals surface area contributed by atoms with Crippen molar-refractivity contribution >= 4 is 68.3 Å². The van der Waals surface area contributed by atoms with E-state index in [-0.39, 0.29) is 17.6 Å². The number of hydrogen-bond acceptors (Lipinski definition) is 12. The summed E-state index contributed by atoms with van der Waals surface area (Å²) in [7, 11) is 3.01. The minimum Gasteiger partial charge on any atom is -0.497 e. The van der Waals surface area contributed by atoms with E-state index in [1.807, 2.05) is 6.92 Å². The molecule has 0 unspecified atom stereocenters. The maximum absolute atomic E-state index is 12.5. The van der Waals surface area contributed by atoms with E-state index in [4.69, 9.17) is 9.47 Å². The molecular formula is C17H18N6O4S4. The van der Waals surface area contributed by atoms with Crippen LogP contribution in [0, 0.1) is 0 Å². The zero-order valence-corrected chi connectivity index (χ0v) is 20.0. The van der Waals surface area contributed by atoms with Gasteiger partial charge in [-0.3, -0.25) is 20.2 Å². The Morgan fingerprint density at radius 1 is 0.968 bits per heavy atom. The molecule has 1 aromatic carbocycles. The monoisotopic (exact) mass is 498 g/mol. The highest BCUT2D eigenvalue weighted by Gasteiger charge is 2.16. The zero-order chi connectivity index (χ0) is 22.2. The summed E-state index contributed by atoms with van der Waals surface area (Å²) in [6.07, 6.45) is 0. The topological polar surface area (TPSA) is 128 Å². The zero-order valence-electron chi connectivity index (χ0n) is 16.7. The third-order valence-corrected chi connectivity index (χ3v) is 7.35. The number of ether oxygens (including phenoxy) is 2. The average molecular weight is 499 g/mol. The summed E-state index contributed by atoms with van der Waals surface area (Å²) in [4.78, 5) is 24.7. The number of amides is 2. The molecule has 0 aliphatic rings. The van der Waals surface area contributed by atoms with Gasteiger partial charge in [-0.15, -0.1) is 20.4 Å². The van der Waals surface area contributed by atoms with Gasteiger partial charge in [0.15, 0.2) is 8.68 Å². The van der Waals surface area contributed by atoms with E-state index in [1.54, 1.807) is 30.0 Å². The number of thioether (sulfide) groups is 2. The predicted octanol–water partition coefficient (Wildman–Crippen LogP) is 3.50. The van der Waals surface area contributed by atoms with Gasteiger partial charge in [0.1, 0.15) is 11.5 Å². The lowest BCUT2D eigenvalue weighted by atomic mass is 10.2. The van der Waals surface area contributed by atoms with Crippen molar-refractivity contribution in [2.24, 2.45) is 0 Å². The Hall–Kier alpha value is -2.42. The molecule has 10 nitrogen and oxygen atoms in total. The van der Waals surface area contributed by atoms with Crippen LogP contribution >= 0.6 is 46.2 Å². The quantitative estimate of drug-likeness (QED) is 0.316. The number of aromatic nitrogens is 4. The van der Waals surface area contributed by atoms with Gasteiger partial charge in [0.2, 0.25) is 16.2 Å². The van der Waals surface area contributed by atoms with Gasteiger partial charge < -0.3 is 9.47 Å². The molecule has 0 aliphatic heterocycles. The van der Waals surface area contributed by atoms with Crippen LogP contribution in [0.3, 0.4) is 0 Å². The van der Waals surface area contributed by atoms with Gasteiger partial charge in [-0.2, -0.15) is 0 Å². The number of carbonyl (C=O) groups excluding carboxylic acids is 2. The number of benzene rings is 1. The average Bonchev–Trinajstić information content (AvgIpc) is 3.41. The number of nitrogens with zero attached hydrogens (tertiary/aromatic N) is 4. The van der Waals surface area contributed by atoms with Crippen LogP contribution in [0.2, 0.25) is 0 Å². The van der Waals surface area contributed by atoms with Gasteiger partial charge in [-0.1, -0.05) is 53.1 Å². The molecule has 0 radical (unpaired) electrons.